The summed E-state index contributed by atoms with van der Waals surface area (Å²) in [5, 5.41) is 11.4. The summed E-state index contributed by atoms with van der Waals surface area (Å²) in [5.74, 6) is 0. The van der Waals surface area contributed by atoms with Crippen molar-refractivity contribution < 1.29 is 13.6 Å². The van der Waals surface area contributed by atoms with E-state index < -0.39 is 10.0 Å². The van der Waals surface area contributed by atoms with Crippen molar-refractivity contribution in [2.24, 2.45) is 5.16 Å². The predicted molar refractivity (Wildman–Crippen MR) is 65.9 cm³/mol. The molecule has 1 N–H and O–H groups in total. The molecule has 0 bridgehead atoms. The fourth-order valence-corrected chi connectivity index (χ4v) is 3.21. The van der Waals surface area contributed by atoms with Gasteiger partial charge in [-0.05, 0) is 6.07 Å². The predicted octanol–water partition coefficient (Wildman–Crippen LogP) is 1.53. The second-order valence-electron chi connectivity index (χ2n) is 3.37. The Labute approximate surface area is 101 Å². The summed E-state index contributed by atoms with van der Waals surface area (Å²) >= 11 is 0. The molecule has 0 aromatic heterocycles. The molecule has 0 saturated carbocycles. The van der Waals surface area contributed by atoms with Gasteiger partial charge in [-0.25, -0.2) is 8.42 Å². The first kappa shape index (κ1) is 13.7. The highest BCUT2D eigenvalue weighted by Gasteiger charge is 2.23. The molecule has 17 heavy (non-hydrogen) atoms. The van der Waals surface area contributed by atoms with Gasteiger partial charge in [0.1, 0.15) is 0 Å². The molecule has 0 atom stereocenters. The zero-order chi connectivity index (χ0) is 12.9. The SMILES string of the molecule is CCN(CC)S(=O)(=O)c1ccccc1/C=N\O. The van der Waals surface area contributed by atoms with E-state index in [4.69, 9.17) is 5.21 Å². The largest absolute Gasteiger partial charge is 0.411 e. The van der Waals surface area contributed by atoms with E-state index >= 15 is 0 Å². The highest BCUT2D eigenvalue weighted by atomic mass is 32.2. The van der Waals surface area contributed by atoms with Crippen LogP contribution in [0.1, 0.15) is 19.4 Å². The first-order valence-electron chi connectivity index (χ1n) is 5.34. The molecule has 0 aliphatic carbocycles. The van der Waals surface area contributed by atoms with Crippen LogP contribution in [-0.4, -0.2) is 37.2 Å². The van der Waals surface area contributed by atoms with Crippen LogP contribution in [0.5, 0.6) is 0 Å². The Bertz CT molecular complexity index is 493. The van der Waals surface area contributed by atoms with Gasteiger partial charge in [0.15, 0.2) is 0 Å². The van der Waals surface area contributed by atoms with E-state index in [-0.39, 0.29) is 4.90 Å². The number of rotatable bonds is 5. The Kier molecular flexibility index (Phi) is 4.65. The maximum Gasteiger partial charge on any atom is 0.243 e. The molecule has 0 aliphatic rings. The lowest BCUT2D eigenvalue weighted by Crippen LogP contribution is -2.31. The Morgan fingerprint density at radius 1 is 1.29 bits per heavy atom. The van der Waals surface area contributed by atoms with Crippen molar-refractivity contribution in [3.63, 3.8) is 0 Å². The lowest BCUT2D eigenvalue weighted by Gasteiger charge is -2.19. The zero-order valence-corrected chi connectivity index (χ0v) is 10.7. The molecular weight excluding hydrogens is 240 g/mol. The van der Waals surface area contributed by atoms with Crippen LogP contribution in [0.25, 0.3) is 0 Å². The van der Waals surface area contributed by atoms with Crippen LogP contribution in [-0.2, 0) is 10.0 Å². The zero-order valence-electron chi connectivity index (χ0n) is 9.87. The van der Waals surface area contributed by atoms with Gasteiger partial charge in [0.2, 0.25) is 10.0 Å². The molecule has 1 aromatic carbocycles. The van der Waals surface area contributed by atoms with Crippen LogP contribution < -0.4 is 0 Å². The minimum absolute atomic E-state index is 0.154. The van der Waals surface area contributed by atoms with Gasteiger partial charge in [0, 0.05) is 18.7 Å². The van der Waals surface area contributed by atoms with E-state index in [2.05, 4.69) is 5.16 Å². The highest BCUT2D eigenvalue weighted by Crippen LogP contribution is 2.18. The van der Waals surface area contributed by atoms with E-state index in [1.54, 1.807) is 32.0 Å². The van der Waals surface area contributed by atoms with Gasteiger partial charge in [-0.3, -0.25) is 0 Å². The van der Waals surface area contributed by atoms with Crippen molar-refractivity contribution in [3.8, 4) is 0 Å². The second-order valence-corrected chi connectivity index (χ2v) is 5.28. The summed E-state index contributed by atoms with van der Waals surface area (Å²) in [4.78, 5) is 0.154. The smallest absolute Gasteiger partial charge is 0.243 e. The van der Waals surface area contributed by atoms with Gasteiger partial charge < -0.3 is 5.21 Å². The molecule has 1 rings (SSSR count). The molecule has 94 valence electrons. The van der Waals surface area contributed by atoms with Crippen molar-refractivity contribution in [2.45, 2.75) is 18.7 Å². The number of benzene rings is 1. The average molecular weight is 256 g/mol. The fourth-order valence-electron chi connectivity index (χ4n) is 1.59. The maximum atomic E-state index is 12.3. The van der Waals surface area contributed by atoms with Gasteiger partial charge in [-0.15, -0.1) is 0 Å². The summed E-state index contributed by atoms with van der Waals surface area (Å²) in [6, 6.07) is 6.43. The van der Waals surface area contributed by atoms with Crippen molar-refractivity contribution >= 4 is 16.2 Å². The third-order valence-corrected chi connectivity index (χ3v) is 4.56. The normalized spacial score (nSPS) is 12.4. The molecule has 0 spiro atoms. The van der Waals surface area contributed by atoms with Gasteiger partial charge in [-0.2, -0.15) is 4.31 Å². The quantitative estimate of drug-likeness (QED) is 0.493. The van der Waals surface area contributed by atoms with E-state index in [9.17, 15) is 8.42 Å². The standard InChI is InChI=1S/C11H16N2O3S/c1-3-13(4-2)17(15,16)11-8-6-5-7-10(11)9-12-14/h5-9,14H,3-4H2,1-2H3/b12-9-. The lowest BCUT2D eigenvalue weighted by molar-refractivity contribution is 0.321. The topological polar surface area (TPSA) is 70.0 Å². The Morgan fingerprint density at radius 2 is 1.88 bits per heavy atom. The first-order valence-corrected chi connectivity index (χ1v) is 6.78. The van der Waals surface area contributed by atoms with Crippen LogP contribution >= 0.6 is 0 Å². The molecule has 0 unspecified atom stereocenters. The molecule has 5 nitrogen and oxygen atoms in total. The highest BCUT2D eigenvalue weighted by molar-refractivity contribution is 7.89. The van der Waals surface area contributed by atoms with Crippen molar-refractivity contribution in [2.75, 3.05) is 13.1 Å². The van der Waals surface area contributed by atoms with Gasteiger partial charge in [0.05, 0.1) is 11.1 Å². The number of hydrogen-bond donors (Lipinski definition) is 1. The van der Waals surface area contributed by atoms with Crippen LogP contribution in [0.4, 0.5) is 0 Å². The van der Waals surface area contributed by atoms with E-state index in [1.807, 2.05) is 0 Å². The summed E-state index contributed by atoms with van der Waals surface area (Å²) in [7, 11) is -3.52. The molecule has 0 amide bonds. The van der Waals surface area contributed by atoms with Gasteiger partial charge >= 0.3 is 0 Å². The van der Waals surface area contributed by atoms with Crippen molar-refractivity contribution in [3.05, 3.63) is 29.8 Å². The average Bonchev–Trinajstić information content (AvgIpc) is 2.31. The Balaban J connectivity index is 3.33. The van der Waals surface area contributed by atoms with E-state index in [0.717, 1.165) is 6.21 Å². The van der Waals surface area contributed by atoms with Crippen molar-refractivity contribution in [1.29, 1.82) is 0 Å². The van der Waals surface area contributed by atoms with Crippen LogP contribution in [0.2, 0.25) is 0 Å². The molecule has 0 aliphatic heterocycles. The number of oxime groups is 1. The van der Waals surface area contributed by atoms with E-state index in [0.29, 0.717) is 18.7 Å². The molecular formula is C11H16N2O3S. The Hall–Kier alpha value is -1.40. The summed E-state index contributed by atoms with van der Waals surface area (Å²) in [6.07, 6.45) is 1.12. The summed E-state index contributed by atoms with van der Waals surface area (Å²) < 4.78 is 25.9. The van der Waals surface area contributed by atoms with Crippen LogP contribution in [0, 0.1) is 0 Å². The van der Waals surface area contributed by atoms with Gasteiger partial charge in [0.25, 0.3) is 0 Å². The number of hydrogen-bond acceptors (Lipinski definition) is 4. The summed E-state index contributed by atoms with van der Waals surface area (Å²) in [5.41, 5.74) is 0.377. The Morgan fingerprint density at radius 3 is 2.41 bits per heavy atom. The van der Waals surface area contributed by atoms with Gasteiger partial charge in [-0.1, -0.05) is 37.2 Å². The molecule has 0 heterocycles. The third-order valence-electron chi connectivity index (χ3n) is 2.44. The van der Waals surface area contributed by atoms with Crippen LogP contribution in [0.3, 0.4) is 0 Å². The number of sulfonamides is 1. The fraction of sp³-hybridized carbons (Fsp3) is 0.364. The summed E-state index contributed by atoms with van der Waals surface area (Å²) in [6.45, 7) is 4.38. The molecule has 0 fully saturated rings. The number of nitrogens with zero attached hydrogens (tertiary/aromatic N) is 2. The van der Waals surface area contributed by atoms with Crippen LogP contribution in [0.15, 0.2) is 34.3 Å². The molecule has 1 aromatic rings. The monoisotopic (exact) mass is 256 g/mol. The minimum atomic E-state index is -3.52. The van der Waals surface area contributed by atoms with E-state index in [1.165, 1.54) is 10.4 Å². The third kappa shape index (κ3) is 2.83. The second kappa shape index (κ2) is 5.79. The maximum absolute atomic E-state index is 12.3. The molecule has 6 heteroatoms. The molecule has 0 saturated heterocycles. The van der Waals surface area contributed by atoms with Crippen molar-refractivity contribution in [1.82, 2.24) is 4.31 Å². The first-order chi connectivity index (χ1) is 8.07. The molecule has 0 radical (unpaired) electrons. The lowest BCUT2D eigenvalue weighted by atomic mass is 10.2. The minimum Gasteiger partial charge on any atom is -0.411 e.